The molecule has 6 aromatic rings. The molecule has 4 aromatic carbocycles. The highest BCUT2D eigenvalue weighted by Crippen LogP contribution is 2.32. The van der Waals surface area contributed by atoms with Crippen molar-refractivity contribution >= 4 is 116 Å². The number of nitrogens with two attached hydrogens (primary N) is 1. The van der Waals surface area contributed by atoms with Gasteiger partial charge in [0, 0.05) is 115 Å². The summed E-state index contributed by atoms with van der Waals surface area (Å²) in [5, 5.41) is 49.3. The van der Waals surface area contributed by atoms with Crippen LogP contribution < -0.4 is 58.9 Å². The van der Waals surface area contributed by atoms with Gasteiger partial charge in [-0.2, -0.15) is 23.5 Å². The molecule has 3 aliphatic heterocycles. The summed E-state index contributed by atoms with van der Waals surface area (Å²) in [6.45, 7) is 4.30. The number of phenols is 1. The van der Waals surface area contributed by atoms with Crippen LogP contribution in [0, 0.1) is 11.6 Å². The monoisotopic (exact) mass is 1440 g/mol. The number of halogens is 3. The molecule has 100 heavy (non-hydrogen) atoms. The van der Waals surface area contributed by atoms with E-state index in [1.165, 1.54) is 90.6 Å². The number of carbonyl (C=O) groups excluding carboxylic acids is 9. The lowest BCUT2D eigenvalue weighted by Gasteiger charge is -2.37. The molecule has 2 saturated heterocycles. The number of aromatic amines is 2. The van der Waals surface area contributed by atoms with Crippen LogP contribution in [0.4, 0.5) is 8.78 Å². The average molecular weight is 1440 g/mol. The van der Waals surface area contributed by atoms with Crippen molar-refractivity contribution in [2.75, 3.05) is 44.4 Å². The number of aromatic nitrogens is 2. The van der Waals surface area contributed by atoms with Gasteiger partial charge in [0.15, 0.2) is 0 Å². The molecule has 0 aliphatic carbocycles. The first kappa shape index (κ1) is 75.4. The van der Waals surface area contributed by atoms with Gasteiger partial charge in [0.05, 0.1) is 11.4 Å². The van der Waals surface area contributed by atoms with E-state index in [0.29, 0.717) is 89.6 Å². The standard InChI is InChI=1S/C69H85ClF2N14O12S2/c1-38-61(91)81-53(26-42-32-76-50-13-11-44(71)28-47(42)50)63(93)82-54(27-43-33-77-51-14-12-45(72)29-48(43)51)64(94)84-56(31-60(89)90)66(96)83-55(30-46-34-74-37-78-46)65(95)85-57(25-39-10-15-58(87)49(70)24-39)67(97)86-20-6-17-69(86,2)68(98)75-19-22-100-36-41-8-5-7-40(23-41)35-99-21-16-59(88)80-52(62(92)79-38)9-3-4-18-73/h5,7-8,10-15,23-24,28-29,32-33,38,46,52-57,74,76-78,87H,3-4,6,9,16-22,25-27,30-31,34-37,73H2,1-2H3,(H,75,98)(H,79,92)(H,80,88)(H,81,91)(H,82,93)(H,83,96)(H,84,94)(H,85,95)(H,89,90)/t38-,46?,52+,53+,54+,55+,56+,57+,69+/m1/s1. The van der Waals surface area contributed by atoms with E-state index in [9.17, 15) is 47.8 Å². The number of carboxylic acids is 1. The number of thioether (sulfide) groups is 2. The van der Waals surface area contributed by atoms with Crippen LogP contribution in [-0.4, -0.2) is 182 Å². The quantitative estimate of drug-likeness (QED) is 0.0696. The fraction of sp³-hybridized carbons (Fsp3) is 0.449. The molecule has 2 fully saturated rings. The third-order valence-corrected chi connectivity index (χ3v) is 20.4. The Kier molecular flexibility index (Phi) is 26.8. The van der Waals surface area contributed by atoms with Gasteiger partial charge in [-0.1, -0.05) is 41.9 Å². The van der Waals surface area contributed by atoms with Crippen LogP contribution in [0.2, 0.25) is 5.02 Å². The fourth-order valence-electron chi connectivity index (χ4n) is 12.5. The van der Waals surface area contributed by atoms with Gasteiger partial charge in [-0.3, -0.25) is 47.9 Å². The molecule has 31 heteroatoms. The van der Waals surface area contributed by atoms with E-state index in [4.69, 9.17) is 17.3 Å². The summed E-state index contributed by atoms with van der Waals surface area (Å²) in [4.78, 5) is 152. The molecular weight excluding hydrogens is 1350 g/mol. The SMILES string of the molecule is C[C@H]1NC(=O)[C@H](CCCCN)NC(=O)CCSCc2cccc(c2)CSCCNC(=O)[C@]2(C)CCCN2C(=O)[C@H](Cc2ccc(O)c(Cl)c2)NC(=O)[C@H](CC2CNCN2)NC(=O)[C@H](CC(=O)O)NC(=O)[C@H](Cc2c[nH]c3ccc(F)cc23)NC(=O)[C@H](Cc2c[nH]c3ccc(F)cc23)NC1=O. The van der Waals surface area contributed by atoms with E-state index < -0.39 is 137 Å². The zero-order valence-electron chi connectivity index (χ0n) is 55.4. The zero-order chi connectivity index (χ0) is 71.6. The van der Waals surface area contributed by atoms with E-state index in [2.05, 4.69) is 69.2 Å². The number of phenolic OH excluding ortho intramolecular Hbond substituents is 1. The van der Waals surface area contributed by atoms with Gasteiger partial charge >= 0.3 is 5.97 Å². The summed E-state index contributed by atoms with van der Waals surface area (Å²) >= 11 is 9.47. The predicted molar refractivity (Wildman–Crippen MR) is 375 cm³/mol. The molecule has 3 aliphatic rings. The smallest absolute Gasteiger partial charge is 0.305 e. The number of carbonyl (C=O) groups is 10. The number of nitrogens with zero attached hydrogens (tertiary/aromatic N) is 1. The number of rotatable bonds is 14. The molecule has 536 valence electrons. The summed E-state index contributed by atoms with van der Waals surface area (Å²) in [6.07, 6.45) is 2.55. The summed E-state index contributed by atoms with van der Waals surface area (Å²) in [5.74, 6) is -8.42. The number of benzene rings is 4. The maximum absolute atomic E-state index is 15.2. The van der Waals surface area contributed by atoms with Crippen LogP contribution in [0.5, 0.6) is 5.75 Å². The second-order valence-corrected chi connectivity index (χ2v) is 28.1. The highest BCUT2D eigenvalue weighted by molar-refractivity contribution is 7.98. The summed E-state index contributed by atoms with van der Waals surface area (Å²) in [7, 11) is 0. The molecule has 0 saturated carbocycles. The number of aliphatic carboxylic acids is 1. The lowest BCUT2D eigenvalue weighted by Crippen LogP contribution is -2.62. The first-order valence-corrected chi connectivity index (χ1v) is 35.9. The Balaban J connectivity index is 1.05. The number of hydrogen-bond donors (Lipinski definition) is 15. The Bertz CT molecular complexity index is 3970. The number of hydrogen-bond acceptors (Lipinski definition) is 16. The molecular formula is C69H85ClF2N14O12S2. The molecule has 5 heterocycles. The van der Waals surface area contributed by atoms with Crippen molar-refractivity contribution in [2.45, 2.75) is 150 Å². The minimum atomic E-state index is -2.00. The highest BCUT2D eigenvalue weighted by atomic mass is 35.5. The van der Waals surface area contributed by atoms with Crippen molar-refractivity contribution in [1.82, 2.24) is 68.0 Å². The van der Waals surface area contributed by atoms with E-state index in [1.807, 2.05) is 18.2 Å². The number of carboxylic acid groups (broad SMARTS) is 1. The maximum Gasteiger partial charge on any atom is 0.305 e. The van der Waals surface area contributed by atoms with Gasteiger partial charge in [0.1, 0.15) is 65.2 Å². The van der Waals surface area contributed by atoms with Crippen LogP contribution >= 0.6 is 35.1 Å². The topological polar surface area (TPSA) is 392 Å². The Labute approximate surface area is 589 Å². The highest BCUT2D eigenvalue weighted by Gasteiger charge is 2.48. The molecule has 0 radical (unpaired) electrons. The maximum atomic E-state index is 15.2. The average Bonchev–Trinajstić information content (AvgIpc) is 1.59. The van der Waals surface area contributed by atoms with Gasteiger partial charge in [0.2, 0.25) is 53.2 Å². The largest absolute Gasteiger partial charge is 0.506 e. The van der Waals surface area contributed by atoms with Crippen molar-refractivity contribution < 1.29 is 66.9 Å². The van der Waals surface area contributed by atoms with Gasteiger partial charge in [0.25, 0.3) is 0 Å². The Morgan fingerprint density at radius 3 is 1.89 bits per heavy atom. The van der Waals surface area contributed by atoms with Gasteiger partial charge in [-0.05, 0) is 135 Å². The van der Waals surface area contributed by atoms with E-state index in [-0.39, 0.29) is 73.3 Å². The number of amides is 9. The van der Waals surface area contributed by atoms with Crippen LogP contribution in [-0.2, 0) is 78.7 Å². The molecule has 1 unspecified atom stereocenters. The molecule has 2 aromatic heterocycles. The second kappa shape index (κ2) is 35.5. The van der Waals surface area contributed by atoms with E-state index >= 15 is 19.2 Å². The number of fused-ring (bicyclic) bond motifs is 5. The van der Waals surface area contributed by atoms with Crippen LogP contribution in [0.1, 0.15) is 93.0 Å². The Hall–Kier alpha value is -8.81. The van der Waals surface area contributed by atoms with Crippen molar-refractivity contribution in [3.05, 3.63) is 136 Å². The van der Waals surface area contributed by atoms with Crippen molar-refractivity contribution in [1.29, 1.82) is 0 Å². The zero-order valence-corrected chi connectivity index (χ0v) is 57.8. The minimum Gasteiger partial charge on any atom is -0.506 e. The number of nitrogens with one attached hydrogen (secondary N) is 12. The molecule has 9 amide bonds. The summed E-state index contributed by atoms with van der Waals surface area (Å²) in [6, 6.07) is 8.55. The third-order valence-electron chi connectivity index (χ3n) is 18.0. The Morgan fingerprint density at radius 1 is 0.680 bits per heavy atom. The lowest BCUT2D eigenvalue weighted by molar-refractivity contribution is -0.146. The van der Waals surface area contributed by atoms with Crippen molar-refractivity contribution in [3.8, 4) is 5.75 Å². The molecule has 9 atom stereocenters. The van der Waals surface area contributed by atoms with Crippen molar-refractivity contribution in [3.63, 3.8) is 0 Å². The van der Waals surface area contributed by atoms with Gasteiger partial charge < -0.3 is 84.0 Å². The molecule has 0 spiro atoms. The lowest BCUT2D eigenvalue weighted by atomic mass is 9.95. The van der Waals surface area contributed by atoms with Crippen LogP contribution in [0.15, 0.2) is 91.3 Å². The molecule has 26 nitrogen and oxygen atoms in total. The first-order chi connectivity index (χ1) is 47.9. The van der Waals surface area contributed by atoms with E-state index in [1.54, 1.807) is 18.7 Å². The second-order valence-electron chi connectivity index (χ2n) is 25.5. The third kappa shape index (κ3) is 20.4. The molecule has 9 rings (SSSR count). The first-order valence-electron chi connectivity index (χ1n) is 33.2. The Morgan fingerprint density at radius 2 is 1.27 bits per heavy atom. The normalized spacial score (nSPS) is 24.4. The van der Waals surface area contributed by atoms with Crippen LogP contribution in [0.3, 0.4) is 0 Å². The number of aromatic hydroxyl groups is 1. The summed E-state index contributed by atoms with van der Waals surface area (Å²) in [5.41, 5.74) is 8.33. The summed E-state index contributed by atoms with van der Waals surface area (Å²) < 4.78 is 29.9. The fourth-order valence-corrected chi connectivity index (χ4v) is 14.4. The van der Waals surface area contributed by atoms with Gasteiger partial charge in [-0.25, -0.2) is 8.78 Å². The van der Waals surface area contributed by atoms with Crippen LogP contribution in [0.25, 0.3) is 21.8 Å². The van der Waals surface area contributed by atoms with Crippen molar-refractivity contribution in [2.24, 2.45) is 5.73 Å². The number of unbranched alkanes of at least 4 members (excludes halogenated alkanes) is 1. The number of H-pyrrole nitrogens is 2. The minimum absolute atomic E-state index is 0.0498. The molecule has 2 bridgehead atoms. The van der Waals surface area contributed by atoms with Gasteiger partial charge in [-0.15, -0.1) is 0 Å². The predicted octanol–water partition coefficient (Wildman–Crippen LogP) is 3.31. The van der Waals surface area contributed by atoms with E-state index in [0.717, 1.165) is 11.1 Å². The molecule has 16 N–H and O–H groups in total.